The van der Waals surface area contributed by atoms with Crippen LogP contribution in [-0.4, -0.2) is 57.0 Å². The maximum absolute atomic E-state index is 14.7. The van der Waals surface area contributed by atoms with E-state index in [1.165, 1.54) is 29.2 Å². The number of rotatable bonds is 14. The first-order valence-corrected chi connectivity index (χ1v) is 17.4. The molecular weight excluding hydrogens is 650 g/mol. The van der Waals surface area contributed by atoms with Gasteiger partial charge in [-0.15, -0.1) is 0 Å². The quantitative estimate of drug-likeness (QED) is 0.162. The number of nitrogens with zero attached hydrogens (tertiary/aromatic N) is 2. The van der Waals surface area contributed by atoms with Crippen molar-refractivity contribution >= 4 is 39.1 Å². The highest BCUT2D eigenvalue weighted by Gasteiger charge is 2.36. The van der Waals surface area contributed by atoms with E-state index in [1.54, 1.807) is 56.5 Å². The van der Waals surface area contributed by atoms with E-state index in [0.717, 1.165) is 9.87 Å². The van der Waals surface area contributed by atoms with Gasteiger partial charge in [0.25, 0.3) is 10.0 Å². The third-order valence-electron chi connectivity index (χ3n) is 7.37. The topological polar surface area (TPSA) is 105 Å². The fourth-order valence-electron chi connectivity index (χ4n) is 5.16. The third-order valence-corrected chi connectivity index (χ3v) is 9.40. The minimum atomic E-state index is -4.33. The van der Waals surface area contributed by atoms with Crippen LogP contribution < -0.4 is 19.1 Å². The number of para-hydroxylation sites is 2. The van der Waals surface area contributed by atoms with Gasteiger partial charge in [0.1, 0.15) is 24.1 Å². The Morgan fingerprint density at radius 1 is 0.875 bits per heavy atom. The van der Waals surface area contributed by atoms with Crippen LogP contribution in [0.3, 0.4) is 0 Å². The fraction of sp³-hybridized carbons (Fsp3) is 0.297. The van der Waals surface area contributed by atoms with Crippen LogP contribution in [-0.2, 0) is 32.6 Å². The standard InChI is InChI=1S/C37H42ClN3O6S/c1-6-47-34-18-11-10-17-32(34)41(48(44,45)31-21-19-29(38)20-22-31)26-35(42)40(25-28-15-12-16-30(23-28)46-5)33(36(43)39-37(2,3)4)24-27-13-8-7-9-14-27/h7-23,33H,6,24-26H2,1-5H3,(H,39,43)/t33-/m0/s1. The van der Waals surface area contributed by atoms with Crippen LogP contribution in [0.4, 0.5) is 5.69 Å². The molecule has 0 aromatic heterocycles. The molecule has 4 aromatic rings. The second-order valence-electron chi connectivity index (χ2n) is 12.2. The summed E-state index contributed by atoms with van der Waals surface area (Å²) in [5.41, 5.74) is 1.12. The normalized spacial score (nSPS) is 12.1. The van der Waals surface area contributed by atoms with E-state index >= 15 is 0 Å². The summed E-state index contributed by atoms with van der Waals surface area (Å²) in [5, 5.41) is 3.40. The summed E-state index contributed by atoms with van der Waals surface area (Å²) >= 11 is 6.09. The van der Waals surface area contributed by atoms with Crippen molar-refractivity contribution in [3.63, 3.8) is 0 Å². The van der Waals surface area contributed by atoms with E-state index in [0.29, 0.717) is 16.3 Å². The predicted molar refractivity (Wildman–Crippen MR) is 189 cm³/mol. The van der Waals surface area contributed by atoms with E-state index in [9.17, 15) is 18.0 Å². The van der Waals surface area contributed by atoms with E-state index < -0.39 is 34.1 Å². The number of carbonyl (C=O) groups is 2. The highest BCUT2D eigenvalue weighted by atomic mass is 35.5. The lowest BCUT2D eigenvalue weighted by atomic mass is 10.0. The summed E-state index contributed by atoms with van der Waals surface area (Å²) in [6.07, 6.45) is 0.192. The van der Waals surface area contributed by atoms with Gasteiger partial charge < -0.3 is 19.7 Å². The molecule has 0 heterocycles. The van der Waals surface area contributed by atoms with Crippen LogP contribution in [0.15, 0.2) is 108 Å². The molecular formula is C37H42ClN3O6S. The molecule has 1 atom stereocenters. The van der Waals surface area contributed by atoms with Crippen LogP contribution in [0.1, 0.15) is 38.8 Å². The molecule has 0 fully saturated rings. The van der Waals surface area contributed by atoms with Gasteiger partial charge in [-0.05, 0) is 87.4 Å². The monoisotopic (exact) mass is 691 g/mol. The van der Waals surface area contributed by atoms with Crippen molar-refractivity contribution in [3.8, 4) is 11.5 Å². The molecule has 0 aliphatic carbocycles. The molecule has 0 radical (unpaired) electrons. The van der Waals surface area contributed by atoms with Gasteiger partial charge in [0.2, 0.25) is 11.8 Å². The van der Waals surface area contributed by atoms with Crippen molar-refractivity contribution in [3.05, 3.63) is 119 Å². The number of benzene rings is 4. The summed E-state index contributed by atoms with van der Waals surface area (Å²) in [7, 11) is -2.78. The van der Waals surface area contributed by atoms with Gasteiger partial charge in [-0.2, -0.15) is 0 Å². The predicted octanol–water partition coefficient (Wildman–Crippen LogP) is 6.50. The van der Waals surface area contributed by atoms with Gasteiger partial charge in [0, 0.05) is 23.5 Å². The molecule has 48 heavy (non-hydrogen) atoms. The summed E-state index contributed by atoms with van der Waals surface area (Å²) < 4.78 is 41.0. The van der Waals surface area contributed by atoms with Crippen molar-refractivity contribution in [2.24, 2.45) is 0 Å². The molecule has 4 rings (SSSR count). The van der Waals surface area contributed by atoms with Gasteiger partial charge in [-0.3, -0.25) is 13.9 Å². The molecule has 0 bridgehead atoms. The van der Waals surface area contributed by atoms with Gasteiger partial charge in [0.15, 0.2) is 0 Å². The van der Waals surface area contributed by atoms with Crippen LogP contribution in [0.2, 0.25) is 5.02 Å². The van der Waals surface area contributed by atoms with E-state index in [-0.39, 0.29) is 41.8 Å². The molecule has 0 aliphatic rings. The average Bonchev–Trinajstić information content (AvgIpc) is 3.05. The zero-order chi connectivity index (χ0) is 34.9. The summed E-state index contributed by atoms with van der Waals surface area (Å²) in [6.45, 7) is 7.04. The van der Waals surface area contributed by atoms with Crippen molar-refractivity contribution in [1.29, 1.82) is 0 Å². The molecule has 2 amide bonds. The molecule has 1 N–H and O–H groups in total. The minimum Gasteiger partial charge on any atom is -0.497 e. The van der Waals surface area contributed by atoms with Crippen LogP contribution in [0.25, 0.3) is 0 Å². The molecule has 254 valence electrons. The molecule has 0 spiro atoms. The maximum atomic E-state index is 14.7. The van der Waals surface area contributed by atoms with Crippen LogP contribution in [0.5, 0.6) is 11.5 Å². The summed E-state index contributed by atoms with van der Waals surface area (Å²) in [6, 6.07) is 28.0. The largest absolute Gasteiger partial charge is 0.497 e. The summed E-state index contributed by atoms with van der Waals surface area (Å²) in [5.74, 6) is -0.0942. The summed E-state index contributed by atoms with van der Waals surface area (Å²) in [4.78, 5) is 30.2. The molecule has 9 nitrogen and oxygen atoms in total. The van der Waals surface area contributed by atoms with Gasteiger partial charge in [-0.25, -0.2) is 8.42 Å². The number of nitrogens with one attached hydrogen (secondary N) is 1. The van der Waals surface area contributed by atoms with Gasteiger partial charge in [-0.1, -0.05) is 66.2 Å². The van der Waals surface area contributed by atoms with Crippen LogP contribution >= 0.6 is 11.6 Å². The Bertz CT molecular complexity index is 1790. The SMILES string of the molecule is CCOc1ccccc1N(CC(=O)N(Cc1cccc(OC)c1)[C@@H](Cc1ccccc1)C(=O)NC(C)(C)C)S(=O)(=O)c1ccc(Cl)cc1. The van der Waals surface area contributed by atoms with E-state index in [1.807, 2.05) is 57.2 Å². The zero-order valence-corrected chi connectivity index (χ0v) is 29.4. The lowest BCUT2D eigenvalue weighted by Crippen LogP contribution is -2.56. The Morgan fingerprint density at radius 2 is 1.52 bits per heavy atom. The first-order chi connectivity index (χ1) is 22.8. The Morgan fingerprint density at radius 3 is 2.17 bits per heavy atom. The molecule has 11 heteroatoms. The number of halogens is 1. The molecule has 4 aromatic carbocycles. The first kappa shape index (κ1) is 36.3. The Hall–Kier alpha value is -4.54. The number of amides is 2. The van der Waals surface area contributed by atoms with Crippen molar-refractivity contribution < 1.29 is 27.5 Å². The highest BCUT2D eigenvalue weighted by molar-refractivity contribution is 7.92. The number of anilines is 1. The Labute approximate surface area is 288 Å². The fourth-order valence-corrected chi connectivity index (χ4v) is 6.71. The third kappa shape index (κ3) is 9.51. The zero-order valence-electron chi connectivity index (χ0n) is 27.9. The van der Waals surface area contributed by atoms with Crippen LogP contribution in [0, 0.1) is 0 Å². The highest BCUT2D eigenvalue weighted by Crippen LogP contribution is 2.33. The second-order valence-corrected chi connectivity index (χ2v) is 14.5. The smallest absolute Gasteiger partial charge is 0.264 e. The Balaban J connectivity index is 1.86. The Kier molecular flexibility index (Phi) is 12.1. The molecule has 0 saturated heterocycles. The minimum absolute atomic E-state index is 0.00698. The number of sulfonamides is 1. The number of hydrogen-bond donors (Lipinski definition) is 1. The maximum Gasteiger partial charge on any atom is 0.264 e. The molecule has 0 saturated carbocycles. The second kappa shape index (κ2) is 16.0. The van der Waals surface area contributed by atoms with Gasteiger partial charge >= 0.3 is 0 Å². The first-order valence-electron chi connectivity index (χ1n) is 15.6. The molecule has 0 unspecified atom stereocenters. The van der Waals surface area contributed by atoms with E-state index in [2.05, 4.69) is 5.32 Å². The molecule has 0 aliphatic heterocycles. The lowest BCUT2D eigenvalue weighted by Gasteiger charge is -2.35. The van der Waals surface area contributed by atoms with E-state index in [4.69, 9.17) is 21.1 Å². The van der Waals surface area contributed by atoms with Crippen molar-refractivity contribution in [1.82, 2.24) is 10.2 Å². The number of ether oxygens (including phenoxy) is 2. The number of hydrogen-bond acceptors (Lipinski definition) is 6. The number of carbonyl (C=O) groups excluding carboxylic acids is 2. The number of methoxy groups -OCH3 is 1. The van der Waals surface area contributed by atoms with Crippen molar-refractivity contribution in [2.75, 3.05) is 24.6 Å². The van der Waals surface area contributed by atoms with Crippen molar-refractivity contribution in [2.45, 2.75) is 57.1 Å². The lowest BCUT2D eigenvalue weighted by molar-refractivity contribution is -0.140. The average molecular weight is 692 g/mol. The van der Waals surface area contributed by atoms with Gasteiger partial charge in [0.05, 0.1) is 24.3 Å².